The van der Waals surface area contributed by atoms with Crippen molar-refractivity contribution in [2.24, 2.45) is 0 Å². The maximum Gasteiger partial charge on any atom is 0.229 e. The van der Waals surface area contributed by atoms with Crippen LogP contribution in [0.25, 0.3) is 0 Å². The van der Waals surface area contributed by atoms with Crippen molar-refractivity contribution in [1.82, 2.24) is 10.1 Å². The molecule has 1 radical (unpaired) electrons. The van der Waals surface area contributed by atoms with Crippen LogP contribution in [0.2, 0.25) is 0 Å². The van der Waals surface area contributed by atoms with E-state index >= 15 is 0 Å². The van der Waals surface area contributed by atoms with Crippen LogP contribution in [0.3, 0.4) is 0 Å². The average Bonchev–Trinajstić information content (AvgIpc) is 2.14. The van der Waals surface area contributed by atoms with Gasteiger partial charge >= 0.3 is 0 Å². The summed E-state index contributed by atoms with van der Waals surface area (Å²) in [5.41, 5.74) is 0. The highest BCUT2D eigenvalue weighted by molar-refractivity contribution is 4.87. The first-order valence-corrected chi connectivity index (χ1v) is 1.99. The second kappa shape index (κ2) is 1.73. The van der Waals surface area contributed by atoms with Gasteiger partial charge in [-0.3, -0.25) is 0 Å². The summed E-state index contributed by atoms with van der Waals surface area (Å²) in [6.07, 6.45) is 3.11. The highest BCUT2D eigenvalue weighted by Crippen LogP contribution is 1.90. The van der Waals surface area contributed by atoms with Crippen molar-refractivity contribution in [1.29, 1.82) is 0 Å². The molecule has 3 heteroatoms. The van der Waals surface area contributed by atoms with Gasteiger partial charge in [0, 0.05) is 6.42 Å². The summed E-state index contributed by atoms with van der Waals surface area (Å²) < 4.78 is 4.57. The van der Waals surface area contributed by atoms with E-state index < -0.39 is 0 Å². The van der Waals surface area contributed by atoms with Gasteiger partial charge in [0.25, 0.3) is 0 Å². The molecule has 0 aliphatic rings. The normalized spacial score (nSPS) is 9.29. The second-order valence-corrected chi connectivity index (χ2v) is 1.07. The maximum absolute atomic E-state index is 4.57. The van der Waals surface area contributed by atoms with Crippen molar-refractivity contribution in [2.45, 2.75) is 6.92 Å². The van der Waals surface area contributed by atoms with E-state index in [1.54, 1.807) is 6.42 Å². The van der Waals surface area contributed by atoms with Crippen LogP contribution in [-0.2, 0) is 0 Å². The third kappa shape index (κ3) is 0.765. The molecule has 1 rings (SSSR count). The molecule has 37 valence electrons. The molecule has 7 heavy (non-hydrogen) atoms. The number of hydrogen-bond acceptors (Lipinski definition) is 3. The first kappa shape index (κ1) is 4.30. The first-order valence-electron chi connectivity index (χ1n) is 1.99. The summed E-state index contributed by atoms with van der Waals surface area (Å²) in [4.78, 5) is 3.70. The van der Waals surface area contributed by atoms with Gasteiger partial charge in [-0.2, -0.15) is 4.98 Å². The van der Waals surface area contributed by atoms with Crippen LogP contribution in [-0.4, -0.2) is 10.1 Å². The number of aromatic nitrogens is 2. The predicted octanol–water partition coefficient (Wildman–Crippen LogP) is 0.642. The molecule has 0 saturated heterocycles. The van der Waals surface area contributed by atoms with Crippen molar-refractivity contribution < 1.29 is 4.52 Å². The minimum atomic E-state index is 0.569. The Labute approximate surface area is 41.3 Å². The smallest absolute Gasteiger partial charge is 0.229 e. The molecular formula is C4H5N2O. The molecule has 0 aromatic carbocycles. The fourth-order valence-corrected chi connectivity index (χ4v) is 0.309. The van der Waals surface area contributed by atoms with Gasteiger partial charge in [-0.25, -0.2) is 0 Å². The molecule has 1 aromatic rings. The second-order valence-electron chi connectivity index (χ2n) is 1.07. The minimum absolute atomic E-state index is 0.569. The lowest BCUT2D eigenvalue weighted by atomic mass is 10.5. The van der Waals surface area contributed by atoms with Gasteiger partial charge in [0.2, 0.25) is 5.89 Å². The minimum Gasteiger partial charge on any atom is -0.339 e. The van der Waals surface area contributed by atoms with Crippen molar-refractivity contribution >= 4 is 0 Å². The molecule has 0 amide bonds. The number of nitrogens with zero attached hydrogens (tertiary/aromatic N) is 2. The molecule has 1 heterocycles. The Morgan fingerprint density at radius 2 is 2.71 bits per heavy atom. The third-order valence-electron chi connectivity index (χ3n) is 0.625. The number of hydrogen-bond donors (Lipinski definition) is 0. The van der Waals surface area contributed by atoms with Crippen molar-refractivity contribution in [3.05, 3.63) is 18.6 Å². The summed E-state index contributed by atoms with van der Waals surface area (Å²) in [5, 5.41) is 3.38. The highest BCUT2D eigenvalue weighted by Gasteiger charge is 1.89. The Kier molecular flexibility index (Phi) is 1.06. The van der Waals surface area contributed by atoms with Gasteiger partial charge in [-0.1, -0.05) is 12.1 Å². The standard InChI is InChI=1S/C4H5N2O/c1-2-4-5-3-6-7-4/h2-3H,1H3. The lowest BCUT2D eigenvalue weighted by molar-refractivity contribution is 0.397. The molecular weight excluding hydrogens is 92.1 g/mol. The fourth-order valence-electron chi connectivity index (χ4n) is 0.309. The van der Waals surface area contributed by atoms with Gasteiger partial charge in [-0.05, 0) is 0 Å². The molecule has 0 N–H and O–H groups in total. The monoisotopic (exact) mass is 97.0 g/mol. The molecule has 0 aliphatic heterocycles. The molecule has 0 atom stereocenters. The molecule has 0 saturated carbocycles. The SMILES string of the molecule is C[CH]c1ncno1. The fraction of sp³-hybridized carbons (Fsp3) is 0.250. The van der Waals surface area contributed by atoms with E-state index in [0.29, 0.717) is 5.89 Å². The van der Waals surface area contributed by atoms with E-state index in [0.717, 1.165) is 0 Å². The van der Waals surface area contributed by atoms with Crippen molar-refractivity contribution in [2.75, 3.05) is 0 Å². The van der Waals surface area contributed by atoms with Crippen LogP contribution in [0.15, 0.2) is 10.9 Å². The lowest BCUT2D eigenvalue weighted by Gasteiger charge is -1.73. The zero-order chi connectivity index (χ0) is 5.11. The van der Waals surface area contributed by atoms with Gasteiger partial charge in [0.1, 0.15) is 0 Å². The van der Waals surface area contributed by atoms with Crippen LogP contribution >= 0.6 is 0 Å². The first-order chi connectivity index (χ1) is 3.43. The quantitative estimate of drug-likeness (QED) is 0.516. The Morgan fingerprint density at radius 3 is 3.00 bits per heavy atom. The number of rotatable bonds is 1. The predicted molar refractivity (Wildman–Crippen MR) is 23.4 cm³/mol. The molecule has 0 bridgehead atoms. The summed E-state index contributed by atoms with van der Waals surface area (Å²) in [6, 6.07) is 0. The third-order valence-corrected chi connectivity index (χ3v) is 0.625. The summed E-state index contributed by atoms with van der Waals surface area (Å²) >= 11 is 0. The molecule has 0 unspecified atom stereocenters. The zero-order valence-electron chi connectivity index (χ0n) is 3.96. The Balaban J connectivity index is 2.76. The molecule has 3 nitrogen and oxygen atoms in total. The maximum atomic E-state index is 4.57. The lowest BCUT2D eigenvalue weighted by Crippen LogP contribution is -1.70. The highest BCUT2D eigenvalue weighted by atomic mass is 16.5. The van der Waals surface area contributed by atoms with E-state index in [9.17, 15) is 0 Å². The Bertz CT molecular complexity index is 124. The largest absolute Gasteiger partial charge is 0.339 e. The van der Waals surface area contributed by atoms with E-state index in [1.165, 1.54) is 6.33 Å². The van der Waals surface area contributed by atoms with Crippen molar-refractivity contribution in [3.63, 3.8) is 0 Å². The van der Waals surface area contributed by atoms with Gasteiger partial charge in [-0.15, -0.1) is 0 Å². The van der Waals surface area contributed by atoms with Crippen molar-refractivity contribution in [3.8, 4) is 0 Å². The van der Waals surface area contributed by atoms with E-state index in [-0.39, 0.29) is 0 Å². The average molecular weight is 97.1 g/mol. The van der Waals surface area contributed by atoms with E-state index in [4.69, 9.17) is 0 Å². The molecule has 0 spiro atoms. The molecule has 0 fully saturated rings. The Morgan fingerprint density at radius 1 is 1.86 bits per heavy atom. The van der Waals surface area contributed by atoms with Crippen LogP contribution in [0.4, 0.5) is 0 Å². The van der Waals surface area contributed by atoms with Crippen LogP contribution in [0.1, 0.15) is 12.8 Å². The van der Waals surface area contributed by atoms with Gasteiger partial charge in [0.05, 0.1) is 0 Å². The Hall–Kier alpha value is -0.860. The summed E-state index contributed by atoms with van der Waals surface area (Å²) in [7, 11) is 0. The van der Waals surface area contributed by atoms with E-state index in [2.05, 4.69) is 14.7 Å². The summed E-state index contributed by atoms with van der Waals surface area (Å²) in [6.45, 7) is 1.84. The van der Waals surface area contributed by atoms with Crippen LogP contribution in [0, 0.1) is 6.42 Å². The summed E-state index contributed by atoms with van der Waals surface area (Å²) in [5.74, 6) is 0.569. The molecule has 0 aliphatic carbocycles. The van der Waals surface area contributed by atoms with Gasteiger partial charge < -0.3 is 4.52 Å². The van der Waals surface area contributed by atoms with Crippen LogP contribution < -0.4 is 0 Å². The van der Waals surface area contributed by atoms with Gasteiger partial charge in [0.15, 0.2) is 6.33 Å². The van der Waals surface area contributed by atoms with E-state index in [1.807, 2.05) is 6.92 Å². The topological polar surface area (TPSA) is 38.9 Å². The van der Waals surface area contributed by atoms with Crippen LogP contribution in [0.5, 0.6) is 0 Å². The molecule has 1 aromatic heterocycles. The zero-order valence-corrected chi connectivity index (χ0v) is 3.96.